The SMILES string of the molecule is CCCCN(C)[C@H]1CCc2c(c(C(=O)NCCc3ccccc3)nn2C)C1. The van der Waals surface area contributed by atoms with Gasteiger partial charge in [0.15, 0.2) is 5.69 Å². The number of hydrogen-bond acceptors (Lipinski definition) is 3. The van der Waals surface area contributed by atoms with Gasteiger partial charge < -0.3 is 10.2 Å². The van der Waals surface area contributed by atoms with Gasteiger partial charge >= 0.3 is 0 Å². The first kappa shape index (κ1) is 19.6. The molecule has 0 radical (unpaired) electrons. The fourth-order valence-electron chi connectivity index (χ4n) is 3.97. The van der Waals surface area contributed by atoms with E-state index in [1.54, 1.807) is 0 Å². The zero-order valence-corrected chi connectivity index (χ0v) is 16.9. The van der Waals surface area contributed by atoms with Crippen LogP contribution < -0.4 is 5.32 Å². The van der Waals surface area contributed by atoms with Gasteiger partial charge in [-0.15, -0.1) is 0 Å². The highest BCUT2D eigenvalue weighted by Gasteiger charge is 2.29. The molecule has 0 spiro atoms. The van der Waals surface area contributed by atoms with Crippen LogP contribution in [0.15, 0.2) is 30.3 Å². The third kappa shape index (κ3) is 4.78. The minimum atomic E-state index is -0.0420. The van der Waals surface area contributed by atoms with Gasteiger partial charge in [0.2, 0.25) is 0 Å². The number of aromatic nitrogens is 2. The van der Waals surface area contributed by atoms with E-state index in [-0.39, 0.29) is 5.91 Å². The van der Waals surface area contributed by atoms with Crippen molar-refractivity contribution >= 4 is 5.91 Å². The molecule has 1 aromatic heterocycles. The molecule has 1 heterocycles. The Labute approximate surface area is 162 Å². The Bertz CT molecular complexity index is 753. The highest BCUT2D eigenvalue weighted by atomic mass is 16.1. The van der Waals surface area contributed by atoms with Crippen molar-refractivity contribution in [2.45, 2.75) is 51.5 Å². The van der Waals surface area contributed by atoms with Crippen molar-refractivity contribution in [1.82, 2.24) is 20.0 Å². The minimum Gasteiger partial charge on any atom is -0.350 e. The third-order valence-corrected chi connectivity index (χ3v) is 5.67. The number of nitrogens with zero attached hydrogens (tertiary/aromatic N) is 3. The number of amides is 1. The predicted octanol–water partition coefficient (Wildman–Crippen LogP) is 2.98. The van der Waals surface area contributed by atoms with E-state index in [1.165, 1.54) is 24.1 Å². The van der Waals surface area contributed by atoms with E-state index in [1.807, 2.05) is 29.9 Å². The lowest BCUT2D eigenvalue weighted by Gasteiger charge is -2.31. The molecular formula is C22H32N4O. The standard InChI is InChI=1S/C22H32N4O/c1-4-5-15-25(2)18-11-12-20-19(16-18)21(24-26(20)3)22(27)23-14-13-17-9-7-6-8-10-17/h6-10,18H,4-5,11-16H2,1-3H3,(H,23,27)/t18-/m0/s1. The Kier molecular flexibility index (Phi) is 6.67. The molecule has 0 unspecified atom stereocenters. The second-order valence-corrected chi connectivity index (χ2v) is 7.62. The van der Waals surface area contributed by atoms with Crippen molar-refractivity contribution in [1.29, 1.82) is 0 Å². The Morgan fingerprint density at radius 2 is 2.11 bits per heavy atom. The zero-order valence-electron chi connectivity index (χ0n) is 16.9. The molecule has 0 saturated heterocycles. The first-order valence-electron chi connectivity index (χ1n) is 10.2. The Balaban J connectivity index is 1.64. The maximum absolute atomic E-state index is 12.8. The summed E-state index contributed by atoms with van der Waals surface area (Å²) in [6, 6.07) is 10.8. The largest absolute Gasteiger partial charge is 0.350 e. The van der Waals surface area contributed by atoms with Crippen molar-refractivity contribution in [3.05, 3.63) is 52.8 Å². The lowest BCUT2D eigenvalue weighted by atomic mass is 9.90. The van der Waals surface area contributed by atoms with Gasteiger partial charge in [0.05, 0.1) is 0 Å². The van der Waals surface area contributed by atoms with Crippen LogP contribution in [-0.2, 0) is 26.3 Å². The molecule has 1 amide bonds. The summed E-state index contributed by atoms with van der Waals surface area (Å²) in [6.45, 7) is 3.98. The smallest absolute Gasteiger partial charge is 0.272 e. The van der Waals surface area contributed by atoms with Crippen molar-refractivity contribution in [2.75, 3.05) is 20.1 Å². The Morgan fingerprint density at radius 3 is 2.85 bits per heavy atom. The van der Waals surface area contributed by atoms with Gasteiger partial charge in [-0.25, -0.2) is 0 Å². The van der Waals surface area contributed by atoms with Crippen molar-refractivity contribution < 1.29 is 4.79 Å². The number of likely N-dealkylation sites (N-methyl/N-ethyl adjacent to an activating group) is 1. The molecule has 0 fully saturated rings. The maximum atomic E-state index is 12.8. The van der Waals surface area contributed by atoms with E-state index < -0.39 is 0 Å². The normalized spacial score (nSPS) is 16.4. The highest BCUT2D eigenvalue weighted by molar-refractivity contribution is 5.94. The molecule has 27 heavy (non-hydrogen) atoms. The Hall–Kier alpha value is -2.14. The number of nitrogens with one attached hydrogen (secondary N) is 1. The fourth-order valence-corrected chi connectivity index (χ4v) is 3.97. The number of fused-ring (bicyclic) bond motifs is 1. The number of carbonyl (C=O) groups excluding carboxylic acids is 1. The monoisotopic (exact) mass is 368 g/mol. The van der Waals surface area contributed by atoms with Gasteiger partial charge in [0, 0.05) is 30.9 Å². The summed E-state index contributed by atoms with van der Waals surface area (Å²) in [5.74, 6) is -0.0420. The van der Waals surface area contributed by atoms with Gasteiger partial charge in [0.25, 0.3) is 5.91 Å². The van der Waals surface area contributed by atoms with Crippen LogP contribution >= 0.6 is 0 Å². The molecule has 5 heteroatoms. The van der Waals surface area contributed by atoms with Gasteiger partial charge in [-0.05, 0) is 51.3 Å². The molecule has 5 nitrogen and oxygen atoms in total. The molecule has 1 aliphatic rings. The van der Waals surface area contributed by atoms with Crippen LogP contribution in [0.5, 0.6) is 0 Å². The lowest BCUT2D eigenvalue weighted by Crippen LogP contribution is -2.38. The number of rotatable bonds is 8. The second kappa shape index (κ2) is 9.18. The van der Waals surface area contributed by atoms with Crippen LogP contribution in [0.25, 0.3) is 0 Å². The first-order valence-corrected chi connectivity index (χ1v) is 10.2. The summed E-state index contributed by atoms with van der Waals surface area (Å²) in [5, 5.41) is 7.62. The van der Waals surface area contributed by atoms with E-state index in [0.29, 0.717) is 18.3 Å². The summed E-state index contributed by atoms with van der Waals surface area (Å²) < 4.78 is 1.91. The van der Waals surface area contributed by atoms with Gasteiger partial charge in [-0.3, -0.25) is 9.48 Å². The van der Waals surface area contributed by atoms with E-state index in [0.717, 1.165) is 37.8 Å². The predicted molar refractivity (Wildman–Crippen MR) is 109 cm³/mol. The van der Waals surface area contributed by atoms with E-state index in [2.05, 4.69) is 41.4 Å². The van der Waals surface area contributed by atoms with Crippen molar-refractivity contribution in [3.8, 4) is 0 Å². The number of unbranched alkanes of at least 4 members (excludes halogenated alkanes) is 1. The van der Waals surface area contributed by atoms with Crippen molar-refractivity contribution in [2.24, 2.45) is 7.05 Å². The average Bonchev–Trinajstić information content (AvgIpc) is 3.03. The lowest BCUT2D eigenvalue weighted by molar-refractivity contribution is 0.0947. The second-order valence-electron chi connectivity index (χ2n) is 7.62. The number of aryl methyl sites for hydroxylation is 1. The van der Waals surface area contributed by atoms with E-state index in [9.17, 15) is 4.79 Å². The van der Waals surface area contributed by atoms with Crippen LogP contribution in [0.3, 0.4) is 0 Å². The molecule has 1 atom stereocenters. The van der Waals surface area contributed by atoms with E-state index in [4.69, 9.17) is 0 Å². The molecule has 0 saturated carbocycles. The zero-order chi connectivity index (χ0) is 19.2. The summed E-state index contributed by atoms with van der Waals surface area (Å²) in [5.41, 5.74) is 4.23. The van der Waals surface area contributed by atoms with Crippen LogP contribution in [0.4, 0.5) is 0 Å². The molecule has 1 N–H and O–H groups in total. The summed E-state index contributed by atoms with van der Waals surface area (Å²) in [7, 11) is 4.17. The molecule has 1 aromatic carbocycles. The minimum absolute atomic E-state index is 0.0420. The van der Waals surface area contributed by atoms with E-state index >= 15 is 0 Å². The highest BCUT2D eigenvalue weighted by Crippen LogP contribution is 2.26. The maximum Gasteiger partial charge on any atom is 0.272 e. The quantitative estimate of drug-likeness (QED) is 0.779. The Morgan fingerprint density at radius 1 is 1.33 bits per heavy atom. The van der Waals surface area contributed by atoms with Crippen LogP contribution in [-0.4, -0.2) is 46.8 Å². The van der Waals surface area contributed by atoms with Crippen LogP contribution in [0, 0.1) is 0 Å². The first-order chi connectivity index (χ1) is 13.1. The average molecular weight is 369 g/mol. The molecule has 3 rings (SSSR count). The number of hydrogen-bond donors (Lipinski definition) is 1. The molecular weight excluding hydrogens is 336 g/mol. The molecule has 0 bridgehead atoms. The molecule has 146 valence electrons. The number of benzene rings is 1. The summed E-state index contributed by atoms with van der Waals surface area (Å²) >= 11 is 0. The third-order valence-electron chi connectivity index (χ3n) is 5.67. The summed E-state index contributed by atoms with van der Waals surface area (Å²) in [6.07, 6.45) is 6.33. The number of carbonyl (C=O) groups is 1. The summed E-state index contributed by atoms with van der Waals surface area (Å²) in [4.78, 5) is 15.2. The molecule has 2 aromatic rings. The van der Waals surface area contributed by atoms with Gasteiger partial charge in [0.1, 0.15) is 0 Å². The van der Waals surface area contributed by atoms with Crippen molar-refractivity contribution in [3.63, 3.8) is 0 Å². The fraction of sp³-hybridized carbons (Fsp3) is 0.545. The van der Waals surface area contributed by atoms with Gasteiger partial charge in [-0.1, -0.05) is 43.7 Å². The molecule has 1 aliphatic carbocycles. The van der Waals surface area contributed by atoms with Gasteiger partial charge in [-0.2, -0.15) is 5.10 Å². The molecule has 0 aliphatic heterocycles. The van der Waals surface area contributed by atoms with Crippen LogP contribution in [0.1, 0.15) is 53.5 Å². The topological polar surface area (TPSA) is 50.2 Å². The van der Waals surface area contributed by atoms with Crippen LogP contribution in [0.2, 0.25) is 0 Å².